The van der Waals surface area contributed by atoms with Crippen molar-refractivity contribution in [1.82, 2.24) is 0 Å². The van der Waals surface area contributed by atoms with Gasteiger partial charge in [0.2, 0.25) is 0 Å². The van der Waals surface area contributed by atoms with E-state index in [9.17, 15) is 15.0 Å². The highest BCUT2D eigenvalue weighted by molar-refractivity contribution is 6.06. The summed E-state index contributed by atoms with van der Waals surface area (Å²) in [4.78, 5) is 13.6. The smallest absolute Gasteiger partial charge is 0.258 e. The number of carbonyl (C=O) groups excluding carboxylic acids is 1. The Balaban J connectivity index is 2.35. The zero-order valence-electron chi connectivity index (χ0n) is 10.7. The molecule has 0 saturated carbocycles. The highest BCUT2D eigenvalue weighted by atomic mass is 16.3. The molecule has 0 bridgehead atoms. The Morgan fingerprint density at radius 2 is 1.80 bits per heavy atom. The van der Waals surface area contributed by atoms with E-state index in [1.165, 1.54) is 17.0 Å². The SMILES string of the molecule is CN(C(=O)c1cc(O)cc(O)c1)c1cccc(C#N)c1. The lowest BCUT2D eigenvalue weighted by atomic mass is 10.1. The number of nitrogens with zero attached hydrogens (tertiary/aromatic N) is 2. The average molecular weight is 268 g/mol. The van der Waals surface area contributed by atoms with Crippen molar-refractivity contribution in [3.63, 3.8) is 0 Å². The van der Waals surface area contributed by atoms with Gasteiger partial charge in [0.05, 0.1) is 11.6 Å². The molecule has 0 aliphatic rings. The summed E-state index contributed by atoms with van der Waals surface area (Å²) in [6.45, 7) is 0. The van der Waals surface area contributed by atoms with Gasteiger partial charge in [0.15, 0.2) is 0 Å². The first-order valence-electron chi connectivity index (χ1n) is 5.82. The Bertz CT molecular complexity index is 684. The quantitative estimate of drug-likeness (QED) is 0.874. The minimum Gasteiger partial charge on any atom is -0.508 e. The molecular weight excluding hydrogens is 256 g/mol. The van der Waals surface area contributed by atoms with Gasteiger partial charge in [-0.15, -0.1) is 0 Å². The molecule has 5 nitrogen and oxygen atoms in total. The molecule has 2 aromatic carbocycles. The number of nitriles is 1. The molecule has 2 N–H and O–H groups in total. The molecule has 0 aromatic heterocycles. The van der Waals surface area contributed by atoms with E-state index in [0.717, 1.165) is 6.07 Å². The Kier molecular flexibility index (Phi) is 3.58. The monoisotopic (exact) mass is 268 g/mol. The number of aromatic hydroxyl groups is 2. The van der Waals surface area contributed by atoms with Gasteiger partial charge in [-0.3, -0.25) is 4.79 Å². The van der Waals surface area contributed by atoms with Crippen LogP contribution in [0.5, 0.6) is 11.5 Å². The van der Waals surface area contributed by atoms with Gasteiger partial charge >= 0.3 is 0 Å². The summed E-state index contributed by atoms with van der Waals surface area (Å²) in [5.74, 6) is -0.772. The van der Waals surface area contributed by atoms with Crippen LogP contribution >= 0.6 is 0 Å². The van der Waals surface area contributed by atoms with E-state index in [1.807, 2.05) is 6.07 Å². The van der Waals surface area contributed by atoms with Gasteiger partial charge in [0, 0.05) is 24.4 Å². The molecule has 0 fully saturated rings. The van der Waals surface area contributed by atoms with E-state index in [4.69, 9.17) is 5.26 Å². The van der Waals surface area contributed by atoms with Crippen LogP contribution in [0.25, 0.3) is 0 Å². The fourth-order valence-corrected chi connectivity index (χ4v) is 1.81. The van der Waals surface area contributed by atoms with E-state index in [0.29, 0.717) is 11.3 Å². The van der Waals surface area contributed by atoms with Crippen LogP contribution in [0, 0.1) is 11.3 Å². The zero-order chi connectivity index (χ0) is 14.7. The number of carbonyl (C=O) groups is 1. The average Bonchev–Trinajstić information content (AvgIpc) is 2.44. The second-order valence-corrected chi connectivity index (χ2v) is 4.26. The Morgan fingerprint density at radius 1 is 1.15 bits per heavy atom. The van der Waals surface area contributed by atoms with E-state index in [1.54, 1.807) is 31.3 Å². The molecular formula is C15H12N2O3. The molecule has 0 unspecified atom stereocenters. The molecule has 100 valence electrons. The van der Waals surface area contributed by atoms with Crippen LogP contribution in [-0.4, -0.2) is 23.2 Å². The van der Waals surface area contributed by atoms with Crippen molar-refractivity contribution in [2.75, 3.05) is 11.9 Å². The van der Waals surface area contributed by atoms with E-state index in [2.05, 4.69) is 0 Å². The predicted octanol–water partition coefficient (Wildman–Crippen LogP) is 2.25. The van der Waals surface area contributed by atoms with Gasteiger partial charge < -0.3 is 15.1 Å². The van der Waals surface area contributed by atoms with Crippen molar-refractivity contribution in [1.29, 1.82) is 5.26 Å². The van der Waals surface area contributed by atoms with Crippen LogP contribution in [0.4, 0.5) is 5.69 Å². The zero-order valence-corrected chi connectivity index (χ0v) is 10.7. The molecule has 0 saturated heterocycles. The molecule has 0 aliphatic carbocycles. The Morgan fingerprint density at radius 3 is 2.40 bits per heavy atom. The standard InChI is InChI=1S/C15H12N2O3/c1-17(12-4-2-3-10(5-12)9-16)15(20)11-6-13(18)8-14(19)7-11/h2-8,18-19H,1H3. The number of phenols is 2. The molecule has 0 atom stereocenters. The third-order valence-corrected chi connectivity index (χ3v) is 2.82. The molecule has 1 amide bonds. The van der Waals surface area contributed by atoms with Crippen molar-refractivity contribution >= 4 is 11.6 Å². The number of phenolic OH excluding ortho intramolecular Hbond substituents is 2. The van der Waals surface area contributed by atoms with Crippen LogP contribution in [0.2, 0.25) is 0 Å². The van der Waals surface area contributed by atoms with Crippen molar-refractivity contribution in [2.24, 2.45) is 0 Å². The maximum atomic E-state index is 12.3. The van der Waals surface area contributed by atoms with Crippen LogP contribution in [0.15, 0.2) is 42.5 Å². The fourth-order valence-electron chi connectivity index (χ4n) is 1.81. The van der Waals surface area contributed by atoms with Crippen LogP contribution < -0.4 is 4.90 Å². The maximum absolute atomic E-state index is 12.3. The van der Waals surface area contributed by atoms with Gasteiger partial charge in [0.25, 0.3) is 5.91 Å². The second-order valence-electron chi connectivity index (χ2n) is 4.26. The largest absolute Gasteiger partial charge is 0.508 e. The molecule has 5 heteroatoms. The molecule has 20 heavy (non-hydrogen) atoms. The van der Waals surface area contributed by atoms with E-state index >= 15 is 0 Å². The number of rotatable bonds is 2. The van der Waals surface area contributed by atoms with Crippen molar-refractivity contribution < 1.29 is 15.0 Å². The van der Waals surface area contributed by atoms with Crippen molar-refractivity contribution in [3.8, 4) is 17.6 Å². The highest BCUT2D eigenvalue weighted by Gasteiger charge is 2.15. The summed E-state index contributed by atoms with van der Waals surface area (Å²) in [5.41, 5.74) is 1.16. The van der Waals surface area contributed by atoms with Gasteiger partial charge in [-0.1, -0.05) is 6.07 Å². The Labute approximate surface area is 115 Å². The summed E-state index contributed by atoms with van der Waals surface area (Å²) in [7, 11) is 1.56. The second kappa shape index (κ2) is 5.33. The summed E-state index contributed by atoms with van der Waals surface area (Å²) in [6, 6.07) is 12.3. The molecule has 0 heterocycles. The molecule has 0 spiro atoms. The van der Waals surface area contributed by atoms with Crippen LogP contribution in [0.3, 0.4) is 0 Å². The van der Waals surface area contributed by atoms with Crippen molar-refractivity contribution in [3.05, 3.63) is 53.6 Å². The number of anilines is 1. The Hall–Kier alpha value is -3.00. The predicted molar refractivity (Wildman–Crippen MR) is 73.7 cm³/mol. The van der Waals surface area contributed by atoms with Gasteiger partial charge in [-0.05, 0) is 30.3 Å². The van der Waals surface area contributed by atoms with Crippen molar-refractivity contribution in [2.45, 2.75) is 0 Å². The molecule has 2 rings (SSSR count). The minimum atomic E-state index is -0.397. The number of amides is 1. The first-order chi connectivity index (χ1) is 9.51. The highest BCUT2D eigenvalue weighted by Crippen LogP contribution is 2.23. The summed E-state index contributed by atoms with van der Waals surface area (Å²) < 4.78 is 0. The lowest BCUT2D eigenvalue weighted by Crippen LogP contribution is -2.26. The molecule has 2 aromatic rings. The fraction of sp³-hybridized carbons (Fsp3) is 0.0667. The summed E-state index contributed by atoms with van der Waals surface area (Å²) >= 11 is 0. The summed E-state index contributed by atoms with van der Waals surface area (Å²) in [5, 5.41) is 27.7. The molecule has 0 radical (unpaired) electrons. The normalized spacial score (nSPS) is 9.80. The maximum Gasteiger partial charge on any atom is 0.258 e. The first-order valence-corrected chi connectivity index (χ1v) is 5.82. The third-order valence-electron chi connectivity index (χ3n) is 2.82. The minimum absolute atomic E-state index is 0.160. The van der Waals surface area contributed by atoms with Gasteiger partial charge in [-0.2, -0.15) is 5.26 Å². The molecule has 0 aliphatic heterocycles. The lowest BCUT2D eigenvalue weighted by Gasteiger charge is -2.17. The van der Waals surface area contributed by atoms with E-state index < -0.39 is 5.91 Å². The number of hydrogen-bond acceptors (Lipinski definition) is 4. The third kappa shape index (κ3) is 2.70. The topological polar surface area (TPSA) is 84.6 Å². The van der Waals surface area contributed by atoms with Gasteiger partial charge in [-0.25, -0.2) is 0 Å². The number of hydrogen-bond donors (Lipinski definition) is 2. The first kappa shape index (κ1) is 13.4. The lowest BCUT2D eigenvalue weighted by molar-refractivity contribution is 0.0992. The number of benzene rings is 2. The van der Waals surface area contributed by atoms with E-state index in [-0.39, 0.29) is 17.1 Å². The van der Waals surface area contributed by atoms with Crippen LogP contribution in [0.1, 0.15) is 15.9 Å². The van der Waals surface area contributed by atoms with Gasteiger partial charge in [0.1, 0.15) is 11.5 Å². The van der Waals surface area contributed by atoms with Crippen LogP contribution in [-0.2, 0) is 0 Å². The summed E-state index contributed by atoms with van der Waals surface area (Å²) in [6.07, 6.45) is 0.